The van der Waals surface area contributed by atoms with Crippen molar-refractivity contribution >= 4 is 11.8 Å². The fraction of sp³-hybridized carbons (Fsp3) is 0.556. The van der Waals surface area contributed by atoms with Gasteiger partial charge in [0.1, 0.15) is 0 Å². The van der Waals surface area contributed by atoms with Gasteiger partial charge in [0.25, 0.3) is 11.8 Å². The minimum Gasteiger partial charge on any atom is -0.394 e. The lowest BCUT2D eigenvalue weighted by Gasteiger charge is -2.22. The number of hydrogen-bond acceptors (Lipinski definition) is 4. The molecule has 1 aromatic carbocycles. The van der Waals surface area contributed by atoms with Gasteiger partial charge in [-0.25, -0.2) is 0 Å². The third kappa shape index (κ3) is 5.32. The van der Waals surface area contributed by atoms with Crippen LogP contribution in [0.25, 0.3) is 0 Å². The minimum atomic E-state index is -0.404. The molecule has 0 aliphatic heterocycles. The lowest BCUT2D eigenvalue weighted by molar-refractivity contribution is 0.0863. The number of aliphatic hydroxyl groups is 2. The maximum atomic E-state index is 12.5. The summed E-state index contributed by atoms with van der Waals surface area (Å²) in [5.74, 6) is -0.670. The molecule has 0 aliphatic rings. The molecule has 1 aromatic rings. The van der Waals surface area contributed by atoms with Crippen molar-refractivity contribution in [2.45, 2.75) is 39.8 Å². The topological polar surface area (TPSA) is 98.7 Å². The van der Waals surface area contributed by atoms with Gasteiger partial charge in [-0.1, -0.05) is 39.8 Å². The predicted molar refractivity (Wildman–Crippen MR) is 92.8 cm³/mol. The largest absolute Gasteiger partial charge is 0.394 e. The van der Waals surface area contributed by atoms with Crippen LogP contribution >= 0.6 is 0 Å². The zero-order valence-corrected chi connectivity index (χ0v) is 14.7. The Labute approximate surface area is 143 Å². The monoisotopic (exact) mass is 336 g/mol. The number of rotatable bonds is 8. The molecule has 0 radical (unpaired) electrons. The molecule has 6 heteroatoms. The first kappa shape index (κ1) is 20.1. The molecule has 134 valence electrons. The molecule has 0 spiro atoms. The van der Waals surface area contributed by atoms with Crippen molar-refractivity contribution < 1.29 is 19.8 Å². The minimum absolute atomic E-state index is 0.0691. The average Bonchev–Trinajstić information content (AvgIpc) is 2.56. The SMILES string of the molecule is CC(C)[C@H](CO)NC(=O)c1ccccc1C(=O)N[C@@H](CO)C(C)C. The third-order valence-electron chi connectivity index (χ3n) is 4.05. The molecule has 0 unspecified atom stereocenters. The van der Waals surface area contributed by atoms with Gasteiger partial charge in [-0.15, -0.1) is 0 Å². The van der Waals surface area contributed by atoms with Crippen molar-refractivity contribution in [2.24, 2.45) is 11.8 Å². The maximum absolute atomic E-state index is 12.5. The van der Waals surface area contributed by atoms with Gasteiger partial charge in [0.2, 0.25) is 0 Å². The van der Waals surface area contributed by atoms with Crippen LogP contribution in [0.15, 0.2) is 24.3 Å². The van der Waals surface area contributed by atoms with Gasteiger partial charge in [-0.3, -0.25) is 9.59 Å². The summed E-state index contributed by atoms with van der Waals surface area (Å²) in [6, 6.07) is 5.75. The van der Waals surface area contributed by atoms with Gasteiger partial charge < -0.3 is 20.8 Å². The van der Waals surface area contributed by atoms with Crippen molar-refractivity contribution in [1.29, 1.82) is 0 Å². The first-order valence-corrected chi connectivity index (χ1v) is 8.24. The summed E-state index contributed by atoms with van der Waals surface area (Å²) >= 11 is 0. The number of amides is 2. The summed E-state index contributed by atoms with van der Waals surface area (Å²) in [4.78, 5) is 25.0. The van der Waals surface area contributed by atoms with Gasteiger partial charge in [-0.05, 0) is 24.0 Å². The van der Waals surface area contributed by atoms with Crippen LogP contribution in [0, 0.1) is 11.8 Å². The van der Waals surface area contributed by atoms with E-state index in [0.29, 0.717) is 0 Å². The van der Waals surface area contributed by atoms with E-state index in [0.717, 1.165) is 0 Å². The zero-order valence-electron chi connectivity index (χ0n) is 14.7. The Hall–Kier alpha value is -1.92. The summed E-state index contributed by atoms with van der Waals surface area (Å²) in [7, 11) is 0. The van der Waals surface area contributed by atoms with E-state index in [4.69, 9.17) is 0 Å². The molecule has 24 heavy (non-hydrogen) atoms. The van der Waals surface area contributed by atoms with Crippen LogP contribution in [0.1, 0.15) is 48.4 Å². The molecule has 0 aliphatic carbocycles. The molecule has 4 N–H and O–H groups in total. The van der Waals surface area contributed by atoms with Crippen LogP contribution in [0.5, 0.6) is 0 Å². The number of carbonyl (C=O) groups is 2. The Morgan fingerprint density at radius 2 is 1.17 bits per heavy atom. The molecular weight excluding hydrogens is 308 g/mol. The molecule has 2 atom stereocenters. The van der Waals surface area contributed by atoms with Crippen LogP contribution in [-0.4, -0.2) is 47.3 Å². The van der Waals surface area contributed by atoms with Gasteiger partial charge in [-0.2, -0.15) is 0 Å². The van der Waals surface area contributed by atoms with E-state index >= 15 is 0 Å². The van der Waals surface area contributed by atoms with E-state index in [1.807, 2.05) is 27.7 Å². The second kappa shape index (κ2) is 9.39. The fourth-order valence-corrected chi connectivity index (χ4v) is 2.22. The standard InChI is InChI=1S/C18H28N2O4/c1-11(2)15(9-21)19-17(23)13-7-5-6-8-14(13)18(24)20-16(10-22)12(3)4/h5-8,11-12,15-16,21-22H,9-10H2,1-4H3,(H,19,23)(H,20,24)/t15-,16-/m0/s1. The smallest absolute Gasteiger partial charge is 0.252 e. The second-order valence-electron chi connectivity index (χ2n) is 6.56. The first-order chi connectivity index (χ1) is 11.3. The van der Waals surface area contributed by atoms with Crippen molar-refractivity contribution in [2.75, 3.05) is 13.2 Å². The number of benzene rings is 1. The normalized spacial score (nSPS) is 13.7. The number of carbonyl (C=O) groups excluding carboxylic acids is 2. The summed E-state index contributed by atoms with van der Waals surface area (Å²) in [5.41, 5.74) is 0.490. The second-order valence-corrected chi connectivity index (χ2v) is 6.56. The number of aliphatic hydroxyl groups excluding tert-OH is 2. The lowest BCUT2D eigenvalue weighted by atomic mass is 10.0. The molecule has 0 aromatic heterocycles. The van der Waals surface area contributed by atoms with E-state index in [1.165, 1.54) is 0 Å². The van der Waals surface area contributed by atoms with Gasteiger partial charge >= 0.3 is 0 Å². The Kier molecular flexibility index (Phi) is 7.88. The average molecular weight is 336 g/mol. The predicted octanol–water partition coefficient (Wildman–Crippen LogP) is 1.18. The molecule has 0 saturated carbocycles. The van der Waals surface area contributed by atoms with E-state index in [2.05, 4.69) is 10.6 Å². The highest BCUT2D eigenvalue weighted by atomic mass is 16.3. The Bertz CT molecular complexity index is 509. The van der Waals surface area contributed by atoms with Crippen LogP contribution < -0.4 is 10.6 Å². The summed E-state index contributed by atoms with van der Waals surface area (Å²) < 4.78 is 0. The third-order valence-corrected chi connectivity index (χ3v) is 4.05. The highest BCUT2D eigenvalue weighted by Crippen LogP contribution is 2.12. The molecule has 0 bridgehead atoms. The van der Waals surface area contributed by atoms with E-state index in [-0.39, 0.29) is 48.3 Å². The van der Waals surface area contributed by atoms with E-state index < -0.39 is 11.8 Å². The van der Waals surface area contributed by atoms with Crippen molar-refractivity contribution in [1.82, 2.24) is 10.6 Å². The lowest BCUT2D eigenvalue weighted by Crippen LogP contribution is -2.43. The Morgan fingerprint density at radius 1 is 0.833 bits per heavy atom. The van der Waals surface area contributed by atoms with E-state index in [1.54, 1.807) is 24.3 Å². The fourth-order valence-electron chi connectivity index (χ4n) is 2.22. The molecule has 0 heterocycles. The Morgan fingerprint density at radius 3 is 1.42 bits per heavy atom. The van der Waals surface area contributed by atoms with Crippen LogP contribution in [-0.2, 0) is 0 Å². The molecule has 6 nitrogen and oxygen atoms in total. The van der Waals surface area contributed by atoms with Crippen LogP contribution in [0.3, 0.4) is 0 Å². The molecule has 0 fully saturated rings. The van der Waals surface area contributed by atoms with E-state index in [9.17, 15) is 19.8 Å². The number of hydrogen-bond donors (Lipinski definition) is 4. The number of nitrogens with one attached hydrogen (secondary N) is 2. The van der Waals surface area contributed by atoms with Gasteiger partial charge in [0.15, 0.2) is 0 Å². The van der Waals surface area contributed by atoms with Crippen molar-refractivity contribution in [3.63, 3.8) is 0 Å². The maximum Gasteiger partial charge on any atom is 0.252 e. The molecule has 0 saturated heterocycles. The zero-order chi connectivity index (χ0) is 18.3. The van der Waals surface area contributed by atoms with Gasteiger partial charge in [0.05, 0.1) is 36.4 Å². The van der Waals surface area contributed by atoms with Crippen molar-refractivity contribution in [3.05, 3.63) is 35.4 Å². The highest BCUT2D eigenvalue weighted by molar-refractivity contribution is 6.07. The van der Waals surface area contributed by atoms with Crippen molar-refractivity contribution in [3.8, 4) is 0 Å². The van der Waals surface area contributed by atoms with Crippen LogP contribution in [0.4, 0.5) is 0 Å². The Balaban J connectivity index is 2.99. The summed E-state index contributed by atoms with van der Waals surface area (Å²) in [6.45, 7) is 7.25. The van der Waals surface area contributed by atoms with Gasteiger partial charge in [0, 0.05) is 0 Å². The quantitative estimate of drug-likeness (QED) is 0.573. The summed E-state index contributed by atoms with van der Waals surface area (Å²) in [6.07, 6.45) is 0. The van der Waals surface area contributed by atoms with Crippen LogP contribution in [0.2, 0.25) is 0 Å². The molecule has 1 rings (SSSR count). The highest BCUT2D eigenvalue weighted by Gasteiger charge is 2.23. The molecule has 2 amide bonds. The first-order valence-electron chi connectivity index (χ1n) is 8.24. The summed E-state index contributed by atoms with van der Waals surface area (Å²) in [5, 5.41) is 24.2. The molecular formula is C18H28N2O4.